The molecule has 1 aliphatic heterocycles. The maximum atomic E-state index is 12.4. The topological polar surface area (TPSA) is 66.5 Å². The van der Waals surface area contributed by atoms with Crippen molar-refractivity contribution >= 4 is 15.9 Å². The standard InChI is InChI=1S/C11H11F3N2O3S/c12-11(13,14)8-1-3-9(4-2-8)20(18,19)16-6-5-15-10(17)7-16/h1-4H,5-7H2,(H,15,17). The second-order valence-electron chi connectivity index (χ2n) is 4.21. The number of rotatable bonds is 2. The van der Waals surface area contributed by atoms with Crippen molar-refractivity contribution in [3.8, 4) is 0 Å². The minimum absolute atomic E-state index is 0.0924. The predicted molar refractivity (Wildman–Crippen MR) is 63.2 cm³/mol. The van der Waals surface area contributed by atoms with Gasteiger partial charge in [-0.15, -0.1) is 0 Å². The molecule has 1 N–H and O–H groups in total. The summed E-state index contributed by atoms with van der Waals surface area (Å²) in [4.78, 5) is 10.9. The molecule has 0 bridgehead atoms. The minimum atomic E-state index is -4.52. The van der Waals surface area contributed by atoms with E-state index in [0.717, 1.165) is 16.4 Å². The molecule has 0 radical (unpaired) electrons. The van der Waals surface area contributed by atoms with Crippen LogP contribution in [0.15, 0.2) is 29.2 Å². The molecule has 110 valence electrons. The second kappa shape index (κ2) is 5.06. The van der Waals surface area contributed by atoms with E-state index < -0.39 is 27.7 Å². The molecule has 0 atom stereocenters. The van der Waals surface area contributed by atoms with E-state index in [9.17, 15) is 26.4 Å². The lowest BCUT2D eigenvalue weighted by atomic mass is 10.2. The molecule has 0 aliphatic carbocycles. The van der Waals surface area contributed by atoms with Crippen LogP contribution >= 0.6 is 0 Å². The Morgan fingerprint density at radius 2 is 1.75 bits per heavy atom. The number of alkyl halides is 3. The van der Waals surface area contributed by atoms with E-state index in [4.69, 9.17) is 0 Å². The largest absolute Gasteiger partial charge is 0.416 e. The van der Waals surface area contributed by atoms with Crippen LogP contribution in [0.25, 0.3) is 0 Å². The number of carbonyl (C=O) groups is 1. The quantitative estimate of drug-likeness (QED) is 0.880. The maximum Gasteiger partial charge on any atom is 0.416 e. The van der Waals surface area contributed by atoms with E-state index in [2.05, 4.69) is 5.32 Å². The molecule has 0 unspecified atom stereocenters. The summed E-state index contributed by atoms with van der Waals surface area (Å²) < 4.78 is 62.5. The average Bonchev–Trinajstić information content (AvgIpc) is 2.38. The van der Waals surface area contributed by atoms with Gasteiger partial charge in [-0.25, -0.2) is 8.42 Å². The SMILES string of the molecule is O=C1CN(S(=O)(=O)c2ccc(C(F)(F)F)cc2)CCN1. The molecular weight excluding hydrogens is 297 g/mol. The summed E-state index contributed by atoms with van der Waals surface area (Å²) >= 11 is 0. The first-order chi connectivity index (χ1) is 9.21. The zero-order chi connectivity index (χ0) is 15.0. The third-order valence-electron chi connectivity index (χ3n) is 2.82. The Hall–Kier alpha value is -1.61. The van der Waals surface area contributed by atoms with E-state index in [0.29, 0.717) is 12.1 Å². The van der Waals surface area contributed by atoms with Crippen LogP contribution in [0.4, 0.5) is 13.2 Å². The highest BCUT2D eigenvalue weighted by Crippen LogP contribution is 2.30. The summed E-state index contributed by atoms with van der Waals surface area (Å²) in [7, 11) is -3.95. The number of benzene rings is 1. The molecule has 5 nitrogen and oxygen atoms in total. The van der Waals surface area contributed by atoms with Gasteiger partial charge in [0.2, 0.25) is 15.9 Å². The van der Waals surface area contributed by atoms with Crippen molar-refractivity contribution in [3.63, 3.8) is 0 Å². The number of hydrogen-bond acceptors (Lipinski definition) is 3. The summed E-state index contributed by atoms with van der Waals surface area (Å²) in [5.41, 5.74) is -0.923. The number of piperazine rings is 1. The van der Waals surface area contributed by atoms with Gasteiger partial charge >= 0.3 is 6.18 Å². The predicted octanol–water partition coefficient (Wildman–Crippen LogP) is 0.826. The van der Waals surface area contributed by atoms with Gasteiger partial charge in [0, 0.05) is 13.1 Å². The Labute approximate surface area is 113 Å². The molecule has 20 heavy (non-hydrogen) atoms. The lowest BCUT2D eigenvalue weighted by Crippen LogP contribution is -2.49. The van der Waals surface area contributed by atoms with Crippen molar-refractivity contribution in [1.29, 1.82) is 0 Å². The van der Waals surface area contributed by atoms with E-state index in [1.54, 1.807) is 0 Å². The zero-order valence-corrected chi connectivity index (χ0v) is 11.0. The van der Waals surface area contributed by atoms with Gasteiger partial charge in [-0.3, -0.25) is 4.79 Å². The molecule has 9 heteroatoms. The van der Waals surface area contributed by atoms with Crippen LogP contribution in [0.2, 0.25) is 0 Å². The van der Waals surface area contributed by atoms with Gasteiger partial charge in [-0.1, -0.05) is 0 Å². The molecule has 1 aromatic carbocycles. The van der Waals surface area contributed by atoms with Crippen molar-refractivity contribution in [2.75, 3.05) is 19.6 Å². The Bertz CT molecular complexity index is 611. The number of nitrogens with one attached hydrogen (secondary N) is 1. The lowest BCUT2D eigenvalue weighted by molar-refractivity contribution is -0.137. The van der Waals surface area contributed by atoms with Gasteiger partial charge in [0.15, 0.2) is 0 Å². The average molecular weight is 308 g/mol. The van der Waals surface area contributed by atoms with Gasteiger partial charge in [0.1, 0.15) is 0 Å². The van der Waals surface area contributed by atoms with Gasteiger partial charge < -0.3 is 5.32 Å². The highest BCUT2D eigenvalue weighted by molar-refractivity contribution is 7.89. The highest BCUT2D eigenvalue weighted by Gasteiger charge is 2.32. The molecule has 1 aliphatic rings. The fourth-order valence-corrected chi connectivity index (χ4v) is 3.18. The Morgan fingerprint density at radius 1 is 1.15 bits per heavy atom. The Kier molecular flexibility index (Phi) is 3.74. The normalized spacial score (nSPS) is 17.9. The van der Waals surface area contributed by atoms with Crippen LogP contribution in [-0.2, 0) is 21.0 Å². The second-order valence-corrected chi connectivity index (χ2v) is 6.15. The first kappa shape index (κ1) is 14.8. The van der Waals surface area contributed by atoms with Crippen LogP contribution in [0.3, 0.4) is 0 Å². The summed E-state index contributed by atoms with van der Waals surface area (Å²) in [6, 6.07) is 3.20. The highest BCUT2D eigenvalue weighted by atomic mass is 32.2. The number of hydrogen-bond donors (Lipinski definition) is 1. The first-order valence-corrected chi connectivity index (χ1v) is 7.09. The van der Waals surface area contributed by atoms with Crippen LogP contribution < -0.4 is 5.32 Å². The molecule has 1 aromatic rings. The Morgan fingerprint density at radius 3 is 2.25 bits per heavy atom. The van der Waals surface area contributed by atoms with Crippen LogP contribution in [0, 0.1) is 0 Å². The number of nitrogens with zero attached hydrogens (tertiary/aromatic N) is 1. The number of amides is 1. The van der Waals surface area contributed by atoms with Crippen molar-refractivity contribution in [2.45, 2.75) is 11.1 Å². The van der Waals surface area contributed by atoms with E-state index >= 15 is 0 Å². The summed E-state index contributed by atoms with van der Waals surface area (Å²) in [5.74, 6) is -0.438. The first-order valence-electron chi connectivity index (χ1n) is 5.65. The summed E-state index contributed by atoms with van der Waals surface area (Å²) in [6.45, 7) is -0.0584. The van der Waals surface area contributed by atoms with Gasteiger partial charge in [-0.05, 0) is 24.3 Å². The zero-order valence-electron chi connectivity index (χ0n) is 10.1. The molecule has 0 aromatic heterocycles. The fraction of sp³-hybridized carbons (Fsp3) is 0.364. The number of carbonyl (C=O) groups excluding carboxylic acids is 1. The summed E-state index contributed by atoms with van der Waals surface area (Å²) in [5, 5.41) is 2.47. The molecule has 1 fully saturated rings. The van der Waals surface area contributed by atoms with Crippen molar-refractivity contribution in [2.24, 2.45) is 0 Å². The van der Waals surface area contributed by atoms with Crippen molar-refractivity contribution in [1.82, 2.24) is 9.62 Å². The van der Waals surface area contributed by atoms with E-state index in [-0.39, 0.29) is 24.5 Å². The van der Waals surface area contributed by atoms with Crippen molar-refractivity contribution < 1.29 is 26.4 Å². The van der Waals surface area contributed by atoms with E-state index in [1.165, 1.54) is 0 Å². The molecule has 0 spiro atoms. The molecule has 1 amide bonds. The molecule has 0 saturated carbocycles. The monoisotopic (exact) mass is 308 g/mol. The van der Waals surface area contributed by atoms with Gasteiger partial charge in [0.25, 0.3) is 0 Å². The molecule has 2 rings (SSSR count). The molecule has 1 heterocycles. The third-order valence-corrected chi connectivity index (χ3v) is 4.68. The molecule has 1 saturated heterocycles. The maximum absolute atomic E-state index is 12.4. The summed E-state index contributed by atoms with van der Waals surface area (Å²) in [6.07, 6.45) is -4.52. The van der Waals surface area contributed by atoms with Crippen molar-refractivity contribution in [3.05, 3.63) is 29.8 Å². The Balaban J connectivity index is 2.28. The third kappa shape index (κ3) is 2.93. The minimum Gasteiger partial charge on any atom is -0.354 e. The van der Waals surface area contributed by atoms with E-state index in [1.807, 2.05) is 0 Å². The van der Waals surface area contributed by atoms with Gasteiger partial charge in [0.05, 0.1) is 17.0 Å². The fourth-order valence-electron chi connectivity index (χ4n) is 1.79. The number of sulfonamides is 1. The number of halogens is 3. The molecular formula is C11H11F3N2O3S. The van der Waals surface area contributed by atoms with Crippen LogP contribution in [-0.4, -0.2) is 38.3 Å². The van der Waals surface area contributed by atoms with Crippen LogP contribution in [0.1, 0.15) is 5.56 Å². The van der Waals surface area contributed by atoms with Gasteiger partial charge in [-0.2, -0.15) is 17.5 Å². The lowest BCUT2D eigenvalue weighted by Gasteiger charge is -2.25. The smallest absolute Gasteiger partial charge is 0.354 e. The van der Waals surface area contributed by atoms with Crippen LogP contribution in [0.5, 0.6) is 0 Å².